The Morgan fingerprint density at radius 3 is 2.68 bits per heavy atom. The number of nitrogens with zero attached hydrogens (tertiary/aromatic N) is 2. The van der Waals surface area contributed by atoms with Gasteiger partial charge in [0.2, 0.25) is 0 Å². The Hall–Kier alpha value is -3.94. The van der Waals surface area contributed by atoms with Gasteiger partial charge in [0.25, 0.3) is 0 Å². The molecule has 7 nitrogen and oxygen atoms in total. The van der Waals surface area contributed by atoms with Gasteiger partial charge < -0.3 is 24.8 Å². The lowest BCUT2D eigenvalue weighted by molar-refractivity contribution is -0.143. The zero-order chi connectivity index (χ0) is 30.5. The van der Waals surface area contributed by atoms with E-state index in [4.69, 9.17) is 19.9 Å². The van der Waals surface area contributed by atoms with Gasteiger partial charge in [0, 0.05) is 42.7 Å². The van der Waals surface area contributed by atoms with E-state index in [1.165, 1.54) is 17.5 Å². The molecule has 4 aromatic rings. The third kappa shape index (κ3) is 6.17. The first-order valence-electron chi connectivity index (χ1n) is 15.9. The van der Waals surface area contributed by atoms with Crippen molar-refractivity contribution in [3.8, 4) is 16.9 Å². The first-order valence-corrected chi connectivity index (χ1v) is 15.9. The summed E-state index contributed by atoms with van der Waals surface area (Å²) in [5.41, 5.74) is 12.1. The molecule has 1 aliphatic carbocycles. The van der Waals surface area contributed by atoms with Crippen LogP contribution in [-0.2, 0) is 26.1 Å². The number of carbonyl (C=O) groups excluding carboxylic acids is 1. The van der Waals surface area contributed by atoms with E-state index in [0.717, 1.165) is 72.1 Å². The minimum Gasteiger partial charge on any atom is -0.485 e. The number of piperidine rings is 1. The lowest BCUT2D eigenvalue weighted by Crippen LogP contribution is -2.42. The van der Waals surface area contributed by atoms with E-state index in [0.29, 0.717) is 25.5 Å². The number of hydrogen-bond donors (Lipinski definition) is 1. The molecule has 0 amide bonds. The zero-order valence-electron chi connectivity index (χ0n) is 25.9. The van der Waals surface area contributed by atoms with Crippen molar-refractivity contribution in [2.24, 2.45) is 0 Å². The summed E-state index contributed by atoms with van der Waals surface area (Å²) in [4.78, 5) is 19.6. The standard InChI is InChI=1S/C37H43N3O4/c1-3-18-40-19-15-37(16-20-40)25-34(44-33-11-5-4-8-27(33)24-35(41)43-22-7-21-42-2)31-23-26(12-13-32(31)37)28-9-6-10-30-29(28)14-17-39-36(30)38/h4-6,8-14,17,23,34H,3,7,15-16,18-22,24-25H2,1-2H3,(H2,38,39)/t34-/m1/s1. The molecule has 1 fully saturated rings. The summed E-state index contributed by atoms with van der Waals surface area (Å²) in [6, 6.07) is 23.1. The van der Waals surface area contributed by atoms with Crippen LogP contribution in [-0.4, -0.2) is 55.8 Å². The minimum absolute atomic E-state index is 0.0745. The number of methoxy groups -OCH3 is 1. The fourth-order valence-electron chi connectivity index (χ4n) is 7.15. The van der Waals surface area contributed by atoms with Crippen molar-refractivity contribution in [2.45, 2.75) is 57.0 Å². The maximum Gasteiger partial charge on any atom is 0.310 e. The summed E-state index contributed by atoms with van der Waals surface area (Å²) in [7, 11) is 1.65. The third-order valence-electron chi connectivity index (χ3n) is 9.38. The highest BCUT2D eigenvalue weighted by Crippen LogP contribution is 2.53. The minimum atomic E-state index is -0.254. The smallest absolute Gasteiger partial charge is 0.310 e. The van der Waals surface area contributed by atoms with E-state index >= 15 is 0 Å². The number of nitrogens with two attached hydrogens (primary N) is 1. The second-order valence-corrected chi connectivity index (χ2v) is 12.2. The summed E-state index contributed by atoms with van der Waals surface area (Å²) in [6.45, 7) is 6.52. The van der Waals surface area contributed by atoms with E-state index in [1.54, 1.807) is 13.3 Å². The molecule has 230 valence electrons. The zero-order valence-corrected chi connectivity index (χ0v) is 25.9. The summed E-state index contributed by atoms with van der Waals surface area (Å²) in [5.74, 6) is 1.03. The Kier molecular flexibility index (Phi) is 9.14. The van der Waals surface area contributed by atoms with Gasteiger partial charge in [-0.3, -0.25) is 4.79 Å². The molecule has 0 saturated carbocycles. The van der Waals surface area contributed by atoms with Crippen LogP contribution < -0.4 is 10.5 Å². The highest BCUT2D eigenvalue weighted by molar-refractivity contribution is 6.01. The molecular weight excluding hydrogens is 550 g/mol. The Morgan fingerprint density at radius 1 is 1.02 bits per heavy atom. The van der Waals surface area contributed by atoms with Crippen LogP contribution in [0.4, 0.5) is 5.82 Å². The predicted octanol–water partition coefficient (Wildman–Crippen LogP) is 6.87. The van der Waals surface area contributed by atoms with Crippen molar-refractivity contribution in [1.82, 2.24) is 9.88 Å². The Bertz CT molecular complexity index is 1610. The number of benzene rings is 3. The number of esters is 1. The quantitative estimate of drug-likeness (QED) is 0.150. The molecule has 0 unspecified atom stereocenters. The highest BCUT2D eigenvalue weighted by Gasteiger charge is 2.46. The van der Waals surface area contributed by atoms with E-state index in [2.05, 4.69) is 41.1 Å². The second kappa shape index (κ2) is 13.4. The molecule has 1 saturated heterocycles. The molecule has 2 N–H and O–H groups in total. The number of anilines is 1. The van der Waals surface area contributed by atoms with Gasteiger partial charge in [-0.2, -0.15) is 0 Å². The van der Waals surface area contributed by atoms with Crippen LogP contribution in [0.2, 0.25) is 0 Å². The molecule has 44 heavy (non-hydrogen) atoms. The SMILES string of the molecule is CCCN1CCC2(CC1)C[C@@H](Oc1ccccc1CC(=O)OCCCOC)c1cc(-c3cccc4c(N)nccc34)ccc12. The maximum absolute atomic E-state index is 12.7. The van der Waals surface area contributed by atoms with Crippen molar-refractivity contribution < 1.29 is 19.0 Å². The number of hydrogen-bond acceptors (Lipinski definition) is 7. The van der Waals surface area contributed by atoms with E-state index in [9.17, 15) is 4.79 Å². The van der Waals surface area contributed by atoms with Gasteiger partial charge >= 0.3 is 5.97 Å². The largest absolute Gasteiger partial charge is 0.485 e. The molecule has 1 aliphatic heterocycles. The van der Waals surface area contributed by atoms with Gasteiger partial charge in [-0.15, -0.1) is 0 Å². The van der Waals surface area contributed by atoms with Gasteiger partial charge in [-0.05, 0) is 91.2 Å². The lowest BCUT2D eigenvalue weighted by atomic mass is 9.73. The first-order chi connectivity index (χ1) is 21.5. The molecule has 3 aromatic carbocycles. The molecule has 2 aliphatic rings. The number of carbonyl (C=O) groups is 1. The Labute approximate surface area is 260 Å². The molecule has 1 aromatic heterocycles. The van der Waals surface area contributed by atoms with E-state index in [-0.39, 0.29) is 23.9 Å². The molecule has 2 heterocycles. The maximum atomic E-state index is 12.7. The summed E-state index contributed by atoms with van der Waals surface area (Å²) < 4.78 is 17.4. The number of pyridine rings is 1. The number of nitrogen functional groups attached to an aromatic ring is 1. The molecule has 1 spiro atoms. The lowest BCUT2D eigenvalue weighted by Gasteiger charge is -2.40. The van der Waals surface area contributed by atoms with Gasteiger partial charge in [0.1, 0.15) is 17.7 Å². The van der Waals surface area contributed by atoms with E-state index < -0.39 is 0 Å². The molecule has 0 bridgehead atoms. The number of fused-ring (bicyclic) bond motifs is 3. The number of para-hydroxylation sites is 1. The van der Waals surface area contributed by atoms with Gasteiger partial charge in [-0.25, -0.2) is 4.98 Å². The average Bonchev–Trinajstić information content (AvgIpc) is 3.33. The monoisotopic (exact) mass is 593 g/mol. The average molecular weight is 594 g/mol. The molecule has 0 radical (unpaired) electrons. The van der Waals surface area contributed by atoms with Crippen LogP contribution >= 0.6 is 0 Å². The molecule has 7 heteroatoms. The number of rotatable bonds is 11. The topological polar surface area (TPSA) is 86.9 Å². The van der Waals surface area contributed by atoms with Gasteiger partial charge in [0.05, 0.1) is 13.0 Å². The van der Waals surface area contributed by atoms with Crippen LogP contribution in [0.3, 0.4) is 0 Å². The van der Waals surface area contributed by atoms with Crippen LogP contribution in [0.1, 0.15) is 61.8 Å². The highest BCUT2D eigenvalue weighted by atomic mass is 16.5. The summed E-state index contributed by atoms with van der Waals surface area (Å²) >= 11 is 0. The summed E-state index contributed by atoms with van der Waals surface area (Å²) in [6.07, 6.45) is 6.84. The first kappa shape index (κ1) is 30.1. The van der Waals surface area contributed by atoms with Crippen LogP contribution in [0.25, 0.3) is 21.9 Å². The molecule has 1 atom stereocenters. The number of likely N-dealkylation sites (tertiary alicyclic amines) is 1. The fourth-order valence-corrected chi connectivity index (χ4v) is 7.15. The summed E-state index contributed by atoms with van der Waals surface area (Å²) in [5, 5.41) is 2.05. The van der Waals surface area contributed by atoms with Crippen LogP contribution in [0.15, 0.2) is 72.9 Å². The molecular formula is C37H43N3O4. The van der Waals surface area contributed by atoms with Crippen LogP contribution in [0.5, 0.6) is 5.75 Å². The number of ether oxygens (including phenoxy) is 3. The Balaban J connectivity index is 1.33. The Morgan fingerprint density at radius 2 is 1.86 bits per heavy atom. The third-order valence-corrected chi connectivity index (χ3v) is 9.38. The van der Waals surface area contributed by atoms with Crippen molar-refractivity contribution in [3.63, 3.8) is 0 Å². The second-order valence-electron chi connectivity index (χ2n) is 12.2. The number of aromatic nitrogens is 1. The fraction of sp³-hybridized carbons (Fsp3) is 0.405. The van der Waals surface area contributed by atoms with Gasteiger partial charge in [0.15, 0.2) is 0 Å². The van der Waals surface area contributed by atoms with Crippen LogP contribution in [0, 0.1) is 0 Å². The van der Waals surface area contributed by atoms with Crippen molar-refractivity contribution in [2.75, 3.05) is 45.7 Å². The van der Waals surface area contributed by atoms with E-state index in [1.807, 2.05) is 42.5 Å². The van der Waals surface area contributed by atoms with Crippen molar-refractivity contribution >= 4 is 22.6 Å². The predicted molar refractivity (Wildman–Crippen MR) is 175 cm³/mol. The van der Waals surface area contributed by atoms with Crippen molar-refractivity contribution in [3.05, 3.63) is 89.6 Å². The normalized spacial score (nSPS) is 17.5. The van der Waals surface area contributed by atoms with Gasteiger partial charge in [-0.1, -0.05) is 55.5 Å². The van der Waals surface area contributed by atoms with Crippen molar-refractivity contribution in [1.29, 1.82) is 0 Å². The molecule has 6 rings (SSSR count).